The maximum atomic E-state index is 12.3. The second-order valence-corrected chi connectivity index (χ2v) is 5.96. The normalized spacial score (nSPS) is 20.2. The van der Waals surface area contributed by atoms with Gasteiger partial charge in [-0.05, 0) is 49.0 Å². The van der Waals surface area contributed by atoms with Gasteiger partial charge in [0.05, 0.1) is 6.42 Å². The van der Waals surface area contributed by atoms with Crippen LogP contribution < -0.4 is 10.2 Å². The Hall–Kier alpha value is -1.35. The van der Waals surface area contributed by atoms with Gasteiger partial charge in [-0.3, -0.25) is 4.79 Å². The molecule has 2 heterocycles. The van der Waals surface area contributed by atoms with Crippen LogP contribution in [0.15, 0.2) is 18.2 Å². The molecule has 0 radical (unpaired) electrons. The highest BCUT2D eigenvalue weighted by Gasteiger charge is 2.33. The third-order valence-electron chi connectivity index (χ3n) is 4.31. The highest BCUT2D eigenvalue weighted by atomic mass is 16.2. The number of nitrogens with zero attached hydrogens (tertiary/aromatic N) is 1. The van der Waals surface area contributed by atoms with E-state index in [0.717, 1.165) is 31.6 Å². The average molecular weight is 258 g/mol. The number of piperidine rings is 1. The molecular weight excluding hydrogens is 236 g/mol. The number of amides is 1. The maximum absolute atomic E-state index is 12.3. The molecular formula is C16H22N2O. The Labute approximate surface area is 115 Å². The Kier molecular flexibility index (Phi) is 3.31. The first kappa shape index (κ1) is 12.7. The Balaban J connectivity index is 1.91. The van der Waals surface area contributed by atoms with Crippen LogP contribution >= 0.6 is 0 Å². The van der Waals surface area contributed by atoms with Gasteiger partial charge in [0.15, 0.2) is 0 Å². The van der Waals surface area contributed by atoms with E-state index in [1.54, 1.807) is 0 Å². The van der Waals surface area contributed by atoms with Crippen molar-refractivity contribution >= 4 is 11.6 Å². The second kappa shape index (κ2) is 4.97. The third kappa shape index (κ3) is 2.27. The van der Waals surface area contributed by atoms with Crippen molar-refractivity contribution in [1.82, 2.24) is 5.32 Å². The molecule has 1 fully saturated rings. The minimum atomic E-state index is 0.280. The lowest BCUT2D eigenvalue weighted by Gasteiger charge is -2.32. The van der Waals surface area contributed by atoms with Crippen molar-refractivity contribution in [2.45, 2.75) is 45.1 Å². The lowest BCUT2D eigenvalue weighted by molar-refractivity contribution is -0.117. The number of rotatable bonds is 2. The smallest absolute Gasteiger partial charge is 0.231 e. The standard InChI is InChI=1S/C16H22N2O/c1-11(2)12-3-4-15-13(9-12)10-16(19)18(15)14-5-7-17-8-6-14/h3-4,9,11,14,17H,5-8,10H2,1-2H3. The summed E-state index contributed by atoms with van der Waals surface area (Å²) >= 11 is 0. The summed E-state index contributed by atoms with van der Waals surface area (Å²) in [6, 6.07) is 6.94. The van der Waals surface area contributed by atoms with Crippen molar-refractivity contribution in [3.63, 3.8) is 0 Å². The van der Waals surface area contributed by atoms with Crippen molar-refractivity contribution < 1.29 is 4.79 Å². The molecule has 2 aliphatic rings. The van der Waals surface area contributed by atoms with Gasteiger partial charge in [-0.15, -0.1) is 0 Å². The van der Waals surface area contributed by atoms with Gasteiger partial charge in [0.1, 0.15) is 0 Å². The Morgan fingerprint density at radius 1 is 1.26 bits per heavy atom. The van der Waals surface area contributed by atoms with Crippen molar-refractivity contribution in [1.29, 1.82) is 0 Å². The molecule has 1 saturated heterocycles. The number of carbonyl (C=O) groups excluding carboxylic acids is 1. The molecule has 0 unspecified atom stereocenters. The van der Waals surface area contributed by atoms with E-state index >= 15 is 0 Å². The highest BCUT2D eigenvalue weighted by molar-refractivity contribution is 6.02. The molecule has 0 bridgehead atoms. The summed E-state index contributed by atoms with van der Waals surface area (Å²) < 4.78 is 0. The van der Waals surface area contributed by atoms with Crippen molar-refractivity contribution in [3.8, 4) is 0 Å². The Morgan fingerprint density at radius 2 is 2.00 bits per heavy atom. The van der Waals surface area contributed by atoms with Gasteiger partial charge < -0.3 is 10.2 Å². The second-order valence-electron chi connectivity index (χ2n) is 5.96. The molecule has 3 rings (SSSR count). The molecule has 2 aliphatic heterocycles. The zero-order valence-corrected chi connectivity index (χ0v) is 11.8. The predicted molar refractivity (Wildman–Crippen MR) is 77.6 cm³/mol. The topological polar surface area (TPSA) is 32.3 Å². The van der Waals surface area contributed by atoms with Crippen LogP contribution in [0, 0.1) is 0 Å². The van der Waals surface area contributed by atoms with Crippen LogP contribution in [-0.2, 0) is 11.2 Å². The molecule has 0 spiro atoms. The number of hydrogen-bond donors (Lipinski definition) is 1. The molecule has 0 atom stereocenters. The van der Waals surface area contributed by atoms with E-state index in [9.17, 15) is 4.79 Å². The van der Waals surface area contributed by atoms with E-state index in [0.29, 0.717) is 18.4 Å². The van der Waals surface area contributed by atoms with Crippen molar-refractivity contribution in [3.05, 3.63) is 29.3 Å². The number of carbonyl (C=O) groups is 1. The fourth-order valence-corrected chi connectivity index (χ4v) is 3.19. The van der Waals surface area contributed by atoms with Crippen LogP contribution in [0.2, 0.25) is 0 Å². The van der Waals surface area contributed by atoms with Gasteiger partial charge in [-0.1, -0.05) is 26.0 Å². The molecule has 0 aromatic heterocycles. The largest absolute Gasteiger partial charge is 0.317 e. The average Bonchev–Trinajstić information content (AvgIpc) is 2.74. The Bertz CT molecular complexity index is 490. The number of benzene rings is 1. The fraction of sp³-hybridized carbons (Fsp3) is 0.562. The molecule has 102 valence electrons. The minimum Gasteiger partial charge on any atom is -0.317 e. The summed E-state index contributed by atoms with van der Waals surface area (Å²) in [7, 11) is 0. The first-order valence-corrected chi connectivity index (χ1v) is 7.32. The first-order valence-electron chi connectivity index (χ1n) is 7.32. The Morgan fingerprint density at radius 3 is 2.68 bits per heavy atom. The molecule has 1 aromatic carbocycles. The van der Waals surface area contributed by atoms with Gasteiger partial charge in [-0.25, -0.2) is 0 Å². The van der Waals surface area contributed by atoms with Crippen LogP contribution in [0.4, 0.5) is 5.69 Å². The molecule has 1 N–H and O–H groups in total. The van der Waals surface area contributed by atoms with Crippen LogP contribution in [0.25, 0.3) is 0 Å². The molecule has 3 nitrogen and oxygen atoms in total. The van der Waals surface area contributed by atoms with Crippen molar-refractivity contribution in [2.24, 2.45) is 0 Å². The van der Waals surface area contributed by atoms with Crippen LogP contribution in [0.1, 0.15) is 43.7 Å². The van der Waals surface area contributed by atoms with Gasteiger partial charge in [0.25, 0.3) is 0 Å². The van der Waals surface area contributed by atoms with E-state index in [-0.39, 0.29) is 5.91 Å². The SMILES string of the molecule is CC(C)c1ccc2c(c1)CC(=O)N2C1CCNCC1. The summed E-state index contributed by atoms with van der Waals surface area (Å²) in [6.45, 7) is 6.44. The molecule has 1 aromatic rings. The summed E-state index contributed by atoms with van der Waals surface area (Å²) in [6.07, 6.45) is 2.72. The van der Waals surface area contributed by atoms with E-state index < -0.39 is 0 Å². The minimum absolute atomic E-state index is 0.280. The van der Waals surface area contributed by atoms with Gasteiger partial charge >= 0.3 is 0 Å². The first-order chi connectivity index (χ1) is 9.16. The molecule has 0 saturated carbocycles. The molecule has 0 aliphatic carbocycles. The monoisotopic (exact) mass is 258 g/mol. The van der Waals surface area contributed by atoms with Gasteiger partial charge in [0, 0.05) is 11.7 Å². The number of fused-ring (bicyclic) bond motifs is 1. The van der Waals surface area contributed by atoms with Crippen LogP contribution in [0.3, 0.4) is 0 Å². The highest BCUT2D eigenvalue weighted by Crippen LogP contribution is 2.34. The van der Waals surface area contributed by atoms with Crippen LogP contribution in [0.5, 0.6) is 0 Å². The predicted octanol–water partition coefficient (Wildman–Crippen LogP) is 2.45. The van der Waals surface area contributed by atoms with E-state index in [2.05, 4.69) is 42.3 Å². The number of anilines is 1. The summed E-state index contributed by atoms with van der Waals surface area (Å²) in [5.41, 5.74) is 3.70. The van der Waals surface area contributed by atoms with E-state index in [4.69, 9.17) is 0 Å². The third-order valence-corrected chi connectivity index (χ3v) is 4.31. The maximum Gasteiger partial charge on any atom is 0.231 e. The summed E-state index contributed by atoms with van der Waals surface area (Å²) in [5.74, 6) is 0.802. The fourth-order valence-electron chi connectivity index (χ4n) is 3.19. The van der Waals surface area contributed by atoms with Crippen LogP contribution in [-0.4, -0.2) is 25.0 Å². The molecule has 1 amide bonds. The molecule has 19 heavy (non-hydrogen) atoms. The number of nitrogens with one attached hydrogen (secondary N) is 1. The summed E-state index contributed by atoms with van der Waals surface area (Å²) in [4.78, 5) is 14.4. The van der Waals surface area contributed by atoms with E-state index in [1.165, 1.54) is 11.1 Å². The molecule has 3 heteroatoms. The van der Waals surface area contributed by atoms with Gasteiger partial charge in [0.2, 0.25) is 5.91 Å². The zero-order valence-electron chi connectivity index (χ0n) is 11.8. The lowest BCUT2D eigenvalue weighted by Crippen LogP contribution is -2.44. The summed E-state index contributed by atoms with van der Waals surface area (Å²) in [5, 5.41) is 3.36. The number of hydrogen-bond acceptors (Lipinski definition) is 2. The van der Waals surface area contributed by atoms with Crippen molar-refractivity contribution in [2.75, 3.05) is 18.0 Å². The van der Waals surface area contributed by atoms with E-state index in [1.807, 2.05) is 0 Å². The quantitative estimate of drug-likeness (QED) is 0.883. The lowest BCUT2D eigenvalue weighted by atomic mass is 9.99. The van der Waals surface area contributed by atoms with Gasteiger partial charge in [-0.2, -0.15) is 0 Å². The zero-order chi connectivity index (χ0) is 13.4.